The molecule has 8 heavy (non-hydrogen) atoms. The van der Waals surface area contributed by atoms with Gasteiger partial charge in [0.1, 0.15) is 6.21 Å². The van der Waals surface area contributed by atoms with Crippen molar-refractivity contribution in [2.45, 2.75) is 0 Å². The van der Waals surface area contributed by atoms with E-state index in [1.54, 1.807) is 0 Å². The Morgan fingerprint density at radius 2 is 2.50 bits per heavy atom. The van der Waals surface area contributed by atoms with Gasteiger partial charge in [0.25, 0.3) is 0 Å². The van der Waals surface area contributed by atoms with Gasteiger partial charge in [-0.25, -0.2) is 4.79 Å². The van der Waals surface area contributed by atoms with Gasteiger partial charge in [-0.05, 0) is 0 Å². The van der Waals surface area contributed by atoms with E-state index in [1.807, 2.05) is 0 Å². The Morgan fingerprint density at radius 3 is 2.88 bits per heavy atom. The summed E-state index contributed by atoms with van der Waals surface area (Å²) in [6, 6.07) is 0. The van der Waals surface area contributed by atoms with Crippen molar-refractivity contribution in [2.75, 3.05) is 6.54 Å². The second kappa shape index (κ2) is 4.05. The smallest absolute Gasteiger partial charge is 0.346 e. The third-order valence-electron chi connectivity index (χ3n) is 0.436. The summed E-state index contributed by atoms with van der Waals surface area (Å²) in [6.07, 6.45) is 2.38. The van der Waals surface area contributed by atoms with Crippen LogP contribution in [0.3, 0.4) is 0 Å². The van der Waals surface area contributed by atoms with Crippen LogP contribution in [0.25, 0.3) is 0 Å². The fourth-order valence-electron chi connectivity index (χ4n) is 0.205. The molecule has 0 saturated heterocycles. The fraction of sp³-hybridized carbons (Fsp3) is 0.200. The van der Waals surface area contributed by atoms with Gasteiger partial charge < -0.3 is 5.11 Å². The average molecular weight is 113 g/mol. The zero-order chi connectivity index (χ0) is 6.41. The highest BCUT2D eigenvalue weighted by Gasteiger charge is 1.81. The number of aliphatic imine (C=N–C) groups is 1. The lowest BCUT2D eigenvalue weighted by molar-refractivity contribution is -0.128. The number of aliphatic carboxylic acids is 1. The molecule has 0 radical (unpaired) electrons. The largest absolute Gasteiger partial charge is 0.477 e. The molecule has 0 heterocycles. The van der Waals surface area contributed by atoms with Gasteiger partial charge in [-0.2, -0.15) is 0 Å². The summed E-state index contributed by atoms with van der Waals surface area (Å²) in [7, 11) is 0. The number of hydrogen-bond acceptors (Lipinski definition) is 2. The van der Waals surface area contributed by atoms with E-state index in [2.05, 4.69) is 11.6 Å². The molecule has 0 aliphatic rings. The third-order valence-corrected chi connectivity index (χ3v) is 0.436. The van der Waals surface area contributed by atoms with Crippen molar-refractivity contribution in [3.63, 3.8) is 0 Å². The van der Waals surface area contributed by atoms with E-state index in [4.69, 9.17) is 5.11 Å². The molecule has 0 rings (SSSR count). The summed E-state index contributed by atoms with van der Waals surface area (Å²) < 4.78 is 0. The van der Waals surface area contributed by atoms with Crippen LogP contribution >= 0.6 is 0 Å². The first-order valence-electron chi connectivity index (χ1n) is 2.11. The van der Waals surface area contributed by atoms with Crippen molar-refractivity contribution in [1.29, 1.82) is 0 Å². The zero-order valence-electron chi connectivity index (χ0n) is 4.37. The molecule has 3 heteroatoms. The van der Waals surface area contributed by atoms with Crippen molar-refractivity contribution in [1.82, 2.24) is 0 Å². The van der Waals surface area contributed by atoms with Gasteiger partial charge in [-0.15, -0.1) is 6.58 Å². The van der Waals surface area contributed by atoms with E-state index in [0.29, 0.717) is 6.54 Å². The minimum Gasteiger partial charge on any atom is -0.477 e. The molecule has 0 saturated carbocycles. The van der Waals surface area contributed by atoms with Crippen LogP contribution in [0.1, 0.15) is 0 Å². The Kier molecular flexibility index (Phi) is 3.48. The van der Waals surface area contributed by atoms with Gasteiger partial charge in [0.15, 0.2) is 0 Å². The van der Waals surface area contributed by atoms with E-state index in [-0.39, 0.29) is 0 Å². The summed E-state index contributed by atoms with van der Waals surface area (Å²) in [6.45, 7) is 3.72. The van der Waals surface area contributed by atoms with Gasteiger partial charge in [0.2, 0.25) is 0 Å². The first-order valence-corrected chi connectivity index (χ1v) is 2.11. The molecular formula is C5H7NO2. The molecule has 0 aliphatic heterocycles. The highest BCUT2D eigenvalue weighted by molar-refractivity contribution is 6.21. The molecule has 0 atom stereocenters. The highest BCUT2D eigenvalue weighted by Crippen LogP contribution is 1.66. The maximum atomic E-state index is 9.69. The zero-order valence-corrected chi connectivity index (χ0v) is 4.37. The molecule has 0 aromatic heterocycles. The standard InChI is InChI=1S/C5H7NO2/c1-2-3-6-4-5(7)8/h2,4H,1,3H2,(H,7,8)/b6-4-. The lowest BCUT2D eigenvalue weighted by Gasteiger charge is -1.76. The van der Waals surface area contributed by atoms with Gasteiger partial charge in [-0.3, -0.25) is 4.99 Å². The molecule has 0 fully saturated rings. The molecule has 1 N–H and O–H groups in total. The Bertz CT molecular complexity index is 118. The van der Waals surface area contributed by atoms with Gasteiger partial charge in [0.05, 0.1) is 6.54 Å². The second-order valence-corrected chi connectivity index (χ2v) is 1.12. The lowest BCUT2D eigenvalue weighted by atomic mass is 10.6. The summed E-state index contributed by atoms with van der Waals surface area (Å²) in [5.74, 6) is -1.02. The molecule has 0 unspecified atom stereocenters. The van der Waals surface area contributed by atoms with Crippen LogP contribution in [0.5, 0.6) is 0 Å². The topological polar surface area (TPSA) is 49.7 Å². The summed E-state index contributed by atoms with van der Waals surface area (Å²) in [5, 5.41) is 7.96. The van der Waals surface area contributed by atoms with Crippen molar-refractivity contribution >= 4 is 12.2 Å². The molecule has 0 spiro atoms. The monoisotopic (exact) mass is 113 g/mol. The van der Waals surface area contributed by atoms with E-state index < -0.39 is 5.97 Å². The van der Waals surface area contributed by atoms with Gasteiger partial charge in [0, 0.05) is 0 Å². The Balaban J connectivity index is 3.34. The average Bonchev–Trinajstić information content (AvgIpc) is 1.66. The Labute approximate surface area is 47.4 Å². The molecule has 3 nitrogen and oxygen atoms in total. The Hall–Kier alpha value is -1.12. The summed E-state index contributed by atoms with van der Waals surface area (Å²) >= 11 is 0. The van der Waals surface area contributed by atoms with Crippen LogP contribution in [-0.4, -0.2) is 23.8 Å². The van der Waals surface area contributed by atoms with E-state index in [0.717, 1.165) is 6.21 Å². The number of carboxylic acids is 1. The maximum absolute atomic E-state index is 9.69. The van der Waals surface area contributed by atoms with E-state index in [1.165, 1.54) is 6.08 Å². The van der Waals surface area contributed by atoms with Crippen molar-refractivity contribution < 1.29 is 9.90 Å². The van der Waals surface area contributed by atoms with E-state index in [9.17, 15) is 4.79 Å². The highest BCUT2D eigenvalue weighted by atomic mass is 16.4. The number of nitrogens with zero attached hydrogens (tertiary/aromatic N) is 1. The first-order chi connectivity index (χ1) is 3.77. The minimum atomic E-state index is -1.02. The first kappa shape index (κ1) is 6.88. The second-order valence-electron chi connectivity index (χ2n) is 1.12. The quantitative estimate of drug-likeness (QED) is 0.423. The summed E-state index contributed by atoms with van der Waals surface area (Å²) in [5.41, 5.74) is 0. The number of carboxylic acid groups (broad SMARTS) is 1. The molecular weight excluding hydrogens is 106 g/mol. The number of rotatable bonds is 3. The molecule has 0 aromatic rings. The Morgan fingerprint density at radius 1 is 1.88 bits per heavy atom. The van der Waals surface area contributed by atoms with Crippen LogP contribution in [0.4, 0.5) is 0 Å². The van der Waals surface area contributed by atoms with Gasteiger partial charge >= 0.3 is 5.97 Å². The third kappa shape index (κ3) is 4.88. The molecule has 0 amide bonds. The fourth-order valence-corrected chi connectivity index (χ4v) is 0.205. The normalized spacial score (nSPS) is 9.50. The predicted octanol–water partition coefficient (Wildman–Crippen LogP) is 0.328. The van der Waals surface area contributed by atoms with Crippen molar-refractivity contribution in [2.24, 2.45) is 4.99 Å². The lowest BCUT2D eigenvalue weighted by Crippen LogP contribution is -1.94. The van der Waals surface area contributed by atoms with Crippen LogP contribution in [-0.2, 0) is 4.79 Å². The molecule has 0 bridgehead atoms. The van der Waals surface area contributed by atoms with Gasteiger partial charge in [-0.1, -0.05) is 6.08 Å². The number of carbonyl (C=O) groups is 1. The van der Waals surface area contributed by atoms with Crippen LogP contribution in [0.15, 0.2) is 17.6 Å². The van der Waals surface area contributed by atoms with Crippen LogP contribution in [0, 0.1) is 0 Å². The SMILES string of the molecule is C=CC/N=C\C(=O)O. The molecule has 0 aromatic carbocycles. The van der Waals surface area contributed by atoms with Crippen LogP contribution in [0.2, 0.25) is 0 Å². The number of hydrogen-bond donors (Lipinski definition) is 1. The molecule has 44 valence electrons. The van der Waals surface area contributed by atoms with Crippen molar-refractivity contribution in [3.8, 4) is 0 Å². The van der Waals surface area contributed by atoms with Crippen molar-refractivity contribution in [3.05, 3.63) is 12.7 Å². The minimum absolute atomic E-state index is 0.367. The van der Waals surface area contributed by atoms with Crippen LogP contribution < -0.4 is 0 Å². The maximum Gasteiger partial charge on any atom is 0.346 e. The summed E-state index contributed by atoms with van der Waals surface area (Å²) in [4.78, 5) is 13.1. The predicted molar refractivity (Wildman–Crippen MR) is 31.2 cm³/mol. The van der Waals surface area contributed by atoms with E-state index >= 15 is 0 Å². The molecule has 0 aliphatic carbocycles.